The number of hydrogen-bond acceptors (Lipinski definition) is 6. The highest BCUT2D eigenvalue weighted by Gasteiger charge is 2.22. The fraction of sp³-hybridized carbons (Fsp3) is 0.222. The van der Waals surface area contributed by atoms with Crippen LogP contribution in [0.5, 0.6) is 5.75 Å². The van der Waals surface area contributed by atoms with Crippen LogP contribution in [0.15, 0.2) is 52.7 Å². The Morgan fingerprint density at radius 2 is 1.88 bits per heavy atom. The van der Waals surface area contributed by atoms with Crippen molar-refractivity contribution < 1.29 is 14.3 Å². The number of para-hydroxylation sites is 1. The van der Waals surface area contributed by atoms with Crippen molar-refractivity contribution in [1.29, 1.82) is 0 Å². The molecule has 1 N–H and O–H groups in total. The maximum Gasteiger partial charge on any atom is 0.290 e. The Labute approximate surface area is 155 Å². The second-order valence-corrected chi connectivity index (χ2v) is 6.43. The fourth-order valence-electron chi connectivity index (χ4n) is 2.15. The molecule has 1 aromatic heterocycles. The molecule has 1 aliphatic heterocycles. The molecule has 136 valence electrons. The molecular weight excluding hydrogens is 354 g/mol. The lowest BCUT2D eigenvalue weighted by molar-refractivity contribution is -0.115. The molecule has 0 spiro atoms. The summed E-state index contributed by atoms with van der Waals surface area (Å²) < 4.78 is 7.18. The molecule has 1 fully saturated rings. The van der Waals surface area contributed by atoms with Gasteiger partial charge in [-0.15, -0.1) is 0 Å². The molecule has 1 aliphatic rings. The zero-order valence-electron chi connectivity index (χ0n) is 14.5. The molecule has 26 heavy (non-hydrogen) atoms. The normalized spacial score (nSPS) is 13.1. The minimum absolute atomic E-state index is 0.0309. The number of carbonyl (C=O) groups is 2. The summed E-state index contributed by atoms with van der Waals surface area (Å²) in [5, 5.41) is 1.72. The van der Waals surface area contributed by atoms with E-state index in [0.717, 1.165) is 29.0 Å². The number of imide groups is 1. The molecule has 1 saturated heterocycles. The highest BCUT2D eigenvalue weighted by Crippen LogP contribution is 2.19. The molecular formula is C18H19N3O4S. The quantitative estimate of drug-likeness (QED) is 0.828. The fourth-order valence-corrected chi connectivity index (χ4v) is 2.66. The number of amides is 2. The van der Waals surface area contributed by atoms with Crippen molar-refractivity contribution in [3.05, 3.63) is 69.8 Å². The highest BCUT2D eigenvalue weighted by atomic mass is 32.2. The van der Waals surface area contributed by atoms with E-state index >= 15 is 0 Å². The largest absolute Gasteiger partial charge is 0.492 e. The average molecular weight is 373 g/mol. The Balaban J connectivity index is 0.000000254. The van der Waals surface area contributed by atoms with E-state index in [2.05, 4.69) is 16.9 Å². The van der Waals surface area contributed by atoms with Crippen LogP contribution in [0.3, 0.4) is 0 Å². The van der Waals surface area contributed by atoms with Gasteiger partial charge in [-0.05, 0) is 37.7 Å². The highest BCUT2D eigenvalue weighted by molar-refractivity contribution is 8.18. The van der Waals surface area contributed by atoms with Gasteiger partial charge in [0, 0.05) is 11.8 Å². The topological polar surface area (TPSA) is 90.3 Å². The number of nitrogens with zero attached hydrogens (tertiary/aromatic N) is 2. The third-order valence-electron chi connectivity index (χ3n) is 3.34. The number of ether oxygens (including phenoxy) is 1. The summed E-state index contributed by atoms with van der Waals surface area (Å²) in [7, 11) is 0. The molecule has 1 aromatic carbocycles. The van der Waals surface area contributed by atoms with Gasteiger partial charge in [0.1, 0.15) is 18.2 Å². The van der Waals surface area contributed by atoms with Crippen LogP contribution in [0, 0.1) is 13.8 Å². The van der Waals surface area contributed by atoms with Gasteiger partial charge in [-0.3, -0.25) is 24.3 Å². The van der Waals surface area contributed by atoms with E-state index in [4.69, 9.17) is 4.74 Å². The van der Waals surface area contributed by atoms with Crippen LogP contribution < -0.4 is 15.6 Å². The standard InChI is InChI=1S/C14H16N2O2.C4H3NO2S/c1-11-10-14(17)16(12(2)15-11)8-9-18-13-6-4-3-5-7-13;1-2-3(6)5-4(7)8-2/h3-7,10H,8-9H2,1-2H3;1H2,(H,5,6,7). The smallest absolute Gasteiger partial charge is 0.290 e. The summed E-state index contributed by atoms with van der Waals surface area (Å²) in [6.45, 7) is 7.93. The first kappa shape index (κ1) is 19.5. The number of thioether (sulfide) groups is 1. The van der Waals surface area contributed by atoms with Gasteiger partial charge >= 0.3 is 0 Å². The van der Waals surface area contributed by atoms with Gasteiger partial charge in [-0.2, -0.15) is 0 Å². The zero-order chi connectivity index (χ0) is 19.1. The Hall–Kier alpha value is -2.87. The van der Waals surface area contributed by atoms with Gasteiger partial charge in [-0.25, -0.2) is 4.98 Å². The Bertz CT molecular complexity index is 860. The van der Waals surface area contributed by atoms with Crippen LogP contribution in [0.1, 0.15) is 11.5 Å². The van der Waals surface area contributed by atoms with Crippen molar-refractivity contribution in [2.24, 2.45) is 0 Å². The van der Waals surface area contributed by atoms with E-state index in [0.29, 0.717) is 13.2 Å². The number of aromatic nitrogens is 2. The van der Waals surface area contributed by atoms with Gasteiger partial charge < -0.3 is 4.74 Å². The van der Waals surface area contributed by atoms with Crippen LogP contribution in [-0.4, -0.2) is 27.3 Å². The number of aryl methyl sites for hydroxylation is 2. The lowest BCUT2D eigenvalue weighted by atomic mass is 10.3. The van der Waals surface area contributed by atoms with Crippen molar-refractivity contribution in [3.8, 4) is 5.75 Å². The Morgan fingerprint density at radius 3 is 2.38 bits per heavy atom. The summed E-state index contributed by atoms with van der Waals surface area (Å²) in [5.41, 5.74) is 0.717. The van der Waals surface area contributed by atoms with Crippen molar-refractivity contribution in [1.82, 2.24) is 14.9 Å². The summed E-state index contributed by atoms with van der Waals surface area (Å²) in [6, 6.07) is 11.1. The predicted molar refractivity (Wildman–Crippen MR) is 100 cm³/mol. The van der Waals surface area contributed by atoms with Gasteiger partial charge in [0.2, 0.25) is 0 Å². The first-order chi connectivity index (χ1) is 12.4. The summed E-state index contributed by atoms with van der Waals surface area (Å²) in [5.74, 6) is 1.15. The zero-order valence-corrected chi connectivity index (χ0v) is 15.3. The molecule has 0 atom stereocenters. The summed E-state index contributed by atoms with van der Waals surface area (Å²) in [4.78, 5) is 36.9. The van der Waals surface area contributed by atoms with Gasteiger partial charge in [0.25, 0.3) is 16.7 Å². The van der Waals surface area contributed by atoms with Crippen molar-refractivity contribution in [2.45, 2.75) is 20.4 Å². The number of rotatable bonds is 4. The second kappa shape index (κ2) is 9.00. The van der Waals surface area contributed by atoms with Gasteiger partial charge in [0.05, 0.1) is 11.4 Å². The molecule has 0 unspecified atom stereocenters. The van der Waals surface area contributed by atoms with Crippen LogP contribution in [0.2, 0.25) is 0 Å². The summed E-state index contributed by atoms with van der Waals surface area (Å²) >= 11 is 0.834. The SMILES string of the molecule is C=C1SC(=O)NC1=O.Cc1cc(=O)n(CCOc2ccccc2)c(C)n1. The van der Waals surface area contributed by atoms with Crippen molar-refractivity contribution in [2.75, 3.05) is 6.61 Å². The van der Waals surface area contributed by atoms with Crippen LogP contribution >= 0.6 is 11.8 Å². The van der Waals surface area contributed by atoms with Crippen molar-refractivity contribution in [3.63, 3.8) is 0 Å². The van der Waals surface area contributed by atoms with Crippen LogP contribution in [0.4, 0.5) is 4.79 Å². The second-order valence-electron chi connectivity index (χ2n) is 5.36. The minimum Gasteiger partial charge on any atom is -0.492 e. The molecule has 0 aliphatic carbocycles. The first-order valence-electron chi connectivity index (χ1n) is 7.82. The number of hydrogen-bond donors (Lipinski definition) is 1. The van der Waals surface area contributed by atoms with Crippen LogP contribution in [-0.2, 0) is 11.3 Å². The van der Waals surface area contributed by atoms with E-state index in [1.165, 1.54) is 6.07 Å². The third kappa shape index (κ3) is 5.59. The minimum atomic E-state index is -0.375. The Kier molecular flexibility index (Phi) is 6.74. The molecule has 0 radical (unpaired) electrons. The van der Waals surface area contributed by atoms with E-state index in [1.807, 2.05) is 44.2 Å². The summed E-state index contributed by atoms with van der Waals surface area (Å²) in [6.07, 6.45) is 0. The molecule has 7 nitrogen and oxygen atoms in total. The van der Waals surface area contributed by atoms with Crippen molar-refractivity contribution >= 4 is 22.9 Å². The lowest BCUT2D eigenvalue weighted by Crippen LogP contribution is -2.26. The number of nitrogens with one attached hydrogen (secondary N) is 1. The Morgan fingerprint density at radius 1 is 1.19 bits per heavy atom. The van der Waals surface area contributed by atoms with Crippen LogP contribution in [0.25, 0.3) is 0 Å². The molecule has 2 aromatic rings. The van der Waals surface area contributed by atoms with E-state index in [-0.39, 0.29) is 21.6 Å². The molecule has 2 heterocycles. The molecule has 8 heteroatoms. The predicted octanol–water partition coefficient (Wildman–Crippen LogP) is 2.42. The lowest BCUT2D eigenvalue weighted by Gasteiger charge is -2.10. The first-order valence-corrected chi connectivity index (χ1v) is 8.63. The molecule has 3 rings (SSSR count). The van der Waals surface area contributed by atoms with E-state index in [9.17, 15) is 14.4 Å². The number of carbonyl (C=O) groups excluding carboxylic acids is 2. The monoisotopic (exact) mass is 373 g/mol. The molecule has 0 saturated carbocycles. The third-order valence-corrected chi connectivity index (χ3v) is 4.06. The van der Waals surface area contributed by atoms with E-state index < -0.39 is 0 Å². The van der Waals surface area contributed by atoms with Gasteiger partial charge in [0.15, 0.2) is 0 Å². The maximum absolute atomic E-state index is 11.8. The average Bonchev–Trinajstić information content (AvgIpc) is 2.87. The maximum atomic E-state index is 11.8. The molecule has 0 bridgehead atoms. The molecule has 2 amide bonds. The number of benzene rings is 1. The van der Waals surface area contributed by atoms with Gasteiger partial charge in [-0.1, -0.05) is 24.8 Å². The van der Waals surface area contributed by atoms with E-state index in [1.54, 1.807) is 4.57 Å².